The van der Waals surface area contributed by atoms with Crippen LogP contribution in [0.25, 0.3) is 0 Å². The molecule has 1 rings (SSSR count). The predicted molar refractivity (Wildman–Crippen MR) is 71.5 cm³/mol. The van der Waals surface area contributed by atoms with Crippen LogP contribution in [0.4, 0.5) is 0 Å². The van der Waals surface area contributed by atoms with Gasteiger partial charge in [-0.2, -0.15) is 0 Å². The highest BCUT2D eigenvalue weighted by Crippen LogP contribution is 2.22. The van der Waals surface area contributed by atoms with E-state index >= 15 is 0 Å². The largest absolute Gasteiger partial charge is 0.395 e. The number of thiocarbonyl (C=S) groups is 1. The number of hydrogen-bond acceptors (Lipinski definition) is 2. The minimum Gasteiger partial charge on any atom is -0.395 e. The Balaban J connectivity index is 2.41. The van der Waals surface area contributed by atoms with Gasteiger partial charge in [-0.25, -0.2) is 0 Å². The van der Waals surface area contributed by atoms with Gasteiger partial charge >= 0.3 is 0 Å². The summed E-state index contributed by atoms with van der Waals surface area (Å²) in [5.41, 5.74) is 1.49. The quantitative estimate of drug-likeness (QED) is 0.507. The SMILES string of the molecule is CCCC1=CCCCC1NC(=S)NCCO. The van der Waals surface area contributed by atoms with Crippen molar-refractivity contribution >= 4 is 17.3 Å². The summed E-state index contributed by atoms with van der Waals surface area (Å²) in [4.78, 5) is 0. The molecule has 3 N–H and O–H groups in total. The summed E-state index contributed by atoms with van der Waals surface area (Å²) in [6.07, 6.45) is 8.27. The molecule has 0 saturated carbocycles. The van der Waals surface area contributed by atoms with E-state index in [0.717, 1.165) is 12.8 Å². The Labute approximate surface area is 103 Å². The number of nitrogens with one attached hydrogen (secondary N) is 2. The first-order valence-corrected chi connectivity index (χ1v) is 6.53. The van der Waals surface area contributed by atoms with Crippen molar-refractivity contribution in [2.24, 2.45) is 0 Å². The maximum absolute atomic E-state index is 8.70. The minimum atomic E-state index is 0.115. The van der Waals surface area contributed by atoms with Crippen molar-refractivity contribution in [3.63, 3.8) is 0 Å². The standard InChI is InChI=1S/C12H22N2OS/c1-2-5-10-6-3-4-7-11(10)14-12(16)13-8-9-15/h6,11,15H,2-5,7-9H2,1H3,(H2,13,14,16). The molecule has 1 aliphatic carbocycles. The summed E-state index contributed by atoms with van der Waals surface area (Å²) in [5.74, 6) is 0. The average Bonchev–Trinajstić information content (AvgIpc) is 2.29. The van der Waals surface area contributed by atoms with Gasteiger partial charge in [-0.15, -0.1) is 0 Å². The average molecular weight is 242 g/mol. The molecule has 0 fully saturated rings. The highest BCUT2D eigenvalue weighted by atomic mass is 32.1. The third-order valence-corrected chi connectivity index (χ3v) is 3.05. The van der Waals surface area contributed by atoms with Crippen molar-refractivity contribution in [1.29, 1.82) is 0 Å². The Morgan fingerprint density at radius 1 is 1.62 bits per heavy atom. The van der Waals surface area contributed by atoms with Crippen molar-refractivity contribution in [3.8, 4) is 0 Å². The molecule has 3 nitrogen and oxygen atoms in total. The minimum absolute atomic E-state index is 0.115. The molecule has 0 bridgehead atoms. The van der Waals surface area contributed by atoms with E-state index in [-0.39, 0.29) is 6.61 Å². The molecular weight excluding hydrogens is 220 g/mol. The van der Waals surface area contributed by atoms with Gasteiger partial charge in [0.05, 0.1) is 6.61 Å². The number of aliphatic hydroxyl groups excluding tert-OH is 1. The van der Waals surface area contributed by atoms with Crippen LogP contribution in [-0.4, -0.2) is 29.4 Å². The van der Waals surface area contributed by atoms with Gasteiger partial charge in [0.1, 0.15) is 0 Å². The van der Waals surface area contributed by atoms with E-state index in [1.807, 2.05) is 0 Å². The lowest BCUT2D eigenvalue weighted by Gasteiger charge is -2.26. The molecule has 0 aromatic carbocycles. The zero-order valence-corrected chi connectivity index (χ0v) is 10.8. The Kier molecular flexibility index (Phi) is 6.42. The number of aliphatic hydroxyl groups is 1. The molecule has 0 amide bonds. The van der Waals surface area contributed by atoms with E-state index in [4.69, 9.17) is 17.3 Å². The number of allylic oxidation sites excluding steroid dienone is 1. The van der Waals surface area contributed by atoms with Gasteiger partial charge in [0.2, 0.25) is 0 Å². The molecule has 92 valence electrons. The van der Waals surface area contributed by atoms with Gasteiger partial charge in [-0.3, -0.25) is 0 Å². The second-order valence-corrected chi connectivity index (χ2v) is 4.54. The van der Waals surface area contributed by atoms with E-state index in [2.05, 4.69) is 23.6 Å². The lowest BCUT2D eigenvalue weighted by molar-refractivity contribution is 0.300. The Bertz CT molecular complexity index is 253. The van der Waals surface area contributed by atoms with Gasteiger partial charge in [0.25, 0.3) is 0 Å². The smallest absolute Gasteiger partial charge is 0.166 e. The van der Waals surface area contributed by atoms with E-state index in [1.54, 1.807) is 0 Å². The molecule has 16 heavy (non-hydrogen) atoms. The molecule has 0 aromatic heterocycles. The summed E-state index contributed by atoms with van der Waals surface area (Å²) in [6.45, 7) is 2.84. The molecule has 1 aliphatic rings. The third-order valence-electron chi connectivity index (χ3n) is 2.79. The highest BCUT2D eigenvalue weighted by Gasteiger charge is 2.17. The van der Waals surface area contributed by atoms with Crippen LogP contribution in [0.2, 0.25) is 0 Å². The van der Waals surface area contributed by atoms with Crippen molar-refractivity contribution < 1.29 is 5.11 Å². The van der Waals surface area contributed by atoms with Gasteiger partial charge in [0.15, 0.2) is 5.11 Å². The fraction of sp³-hybridized carbons (Fsp3) is 0.750. The van der Waals surface area contributed by atoms with Crippen molar-refractivity contribution in [2.75, 3.05) is 13.2 Å². The molecule has 1 unspecified atom stereocenters. The first-order chi connectivity index (χ1) is 7.77. The summed E-state index contributed by atoms with van der Waals surface area (Å²) in [5, 5.41) is 15.7. The van der Waals surface area contributed by atoms with Crippen LogP contribution in [0, 0.1) is 0 Å². The zero-order chi connectivity index (χ0) is 11.8. The van der Waals surface area contributed by atoms with Crippen molar-refractivity contribution in [2.45, 2.75) is 45.1 Å². The summed E-state index contributed by atoms with van der Waals surface area (Å²) >= 11 is 5.18. The fourth-order valence-electron chi connectivity index (χ4n) is 2.05. The van der Waals surface area contributed by atoms with Crippen molar-refractivity contribution in [3.05, 3.63) is 11.6 Å². The van der Waals surface area contributed by atoms with Gasteiger partial charge < -0.3 is 15.7 Å². The maximum Gasteiger partial charge on any atom is 0.166 e. The summed E-state index contributed by atoms with van der Waals surface area (Å²) in [7, 11) is 0. The Hall–Kier alpha value is -0.610. The van der Waals surface area contributed by atoms with Crippen molar-refractivity contribution in [1.82, 2.24) is 10.6 Å². The highest BCUT2D eigenvalue weighted by molar-refractivity contribution is 7.80. The Morgan fingerprint density at radius 2 is 2.44 bits per heavy atom. The van der Waals surface area contributed by atoms with E-state index in [1.165, 1.54) is 24.8 Å². The summed E-state index contributed by atoms with van der Waals surface area (Å²) < 4.78 is 0. The molecule has 0 saturated heterocycles. The van der Waals surface area contributed by atoms with Crippen LogP contribution in [0.5, 0.6) is 0 Å². The first kappa shape index (κ1) is 13.5. The van der Waals surface area contributed by atoms with E-state index < -0.39 is 0 Å². The van der Waals surface area contributed by atoms with Gasteiger partial charge in [-0.05, 0) is 37.9 Å². The lowest BCUT2D eigenvalue weighted by atomic mass is 9.91. The molecule has 0 spiro atoms. The topological polar surface area (TPSA) is 44.3 Å². The third kappa shape index (κ3) is 4.49. The molecule has 0 heterocycles. The van der Waals surface area contributed by atoms with E-state index in [9.17, 15) is 0 Å². The predicted octanol–water partition coefficient (Wildman–Crippen LogP) is 1.72. The second-order valence-electron chi connectivity index (χ2n) is 4.14. The second kappa shape index (κ2) is 7.63. The van der Waals surface area contributed by atoms with Crippen LogP contribution in [0.3, 0.4) is 0 Å². The monoisotopic (exact) mass is 242 g/mol. The van der Waals surface area contributed by atoms with Crippen LogP contribution in [0.1, 0.15) is 39.0 Å². The maximum atomic E-state index is 8.70. The van der Waals surface area contributed by atoms with Crippen LogP contribution in [0.15, 0.2) is 11.6 Å². The zero-order valence-electron chi connectivity index (χ0n) is 9.96. The molecule has 1 atom stereocenters. The van der Waals surface area contributed by atoms with Gasteiger partial charge in [-0.1, -0.05) is 25.0 Å². The summed E-state index contributed by atoms with van der Waals surface area (Å²) in [6, 6.07) is 0.396. The van der Waals surface area contributed by atoms with Crippen LogP contribution >= 0.6 is 12.2 Å². The number of hydrogen-bond donors (Lipinski definition) is 3. The van der Waals surface area contributed by atoms with Crippen LogP contribution < -0.4 is 10.6 Å². The Morgan fingerprint density at radius 3 is 3.12 bits per heavy atom. The lowest BCUT2D eigenvalue weighted by Crippen LogP contribution is -2.44. The van der Waals surface area contributed by atoms with Gasteiger partial charge in [0, 0.05) is 12.6 Å². The number of rotatable bonds is 5. The first-order valence-electron chi connectivity index (χ1n) is 6.12. The van der Waals surface area contributed by atoms with E-state index in [0.29, 0.717) is 17.7 Å². The molecule has 0 radical (unpaired) electrons. The molecule has 0 aliphatic heterocycles. The normalized spacial score (nSPS) is 20.1. The molecule has 0 aromatic rings. The molecule has 4 heteroatoms. The molecular formula is C12H22N2OS. The fourth-order valence-corrected chi connectivity index (χ4v) is 2.29. The van der Waals surface area contributed by atoms with Crippen LogP contribution in [-0.2, 0) is 0 Å².